The lowest BCUT2D eigenvalue weighted by Crippen LogP contribution is -2.30. The van der Waals surface area contributed by atoms with Gasteiger partial charge in [0.1, 0.15) is 9.71 Å². The Morgan fingerprint density at radius 1 is 1.16 bits per heavy atom. The minimum absolute atomic E-state index is 0.225. The van der Waals surface area contributed by atoms with Gasteiger partial charge in [0.05, 0.1) is 11.4 Å². The monoisotopic (exact) mass is 570 g/mol. The van der Waals surface area contributed by atoms with Crippen molar-refractivity contribution in [2.75, 3.05) is 17.6 Å². The van der Waals surface area contributed by atoms with E-state index in [0.717, 1.165) is 50.9 Å². The van der Waals surface area contributed by atoms with Crippen LogP contribution >= 0.6 is 43.2 Å². The quantitative estimate of drug-likeness (QED) is 0.305. The highest BCUT2D eigenvalue weighted by molar-refractivity contribution is 9.11. The maximum Gasteiger partial charge on any atom is 0.267 e. The summed E-state index contributed by atoms with van der Waals surface area (Å²) in [6, 6.07) is 18.2. The number of hydrogen-bond acceptors (Lipinski definition) is 5. The molecular weight excluding hydrogens is 552 g/mol. The predicted octanol–water partition coefficient (Wildman–Crippen LogP) is 6.21. The molecule has 32 heavy (non-hydrogen) atoms. The van der Waals surface area contributed by atoms with Crippen molar-refractivity contribution in [1.29, 1.82) is 0 Å². The second kappa shape index (κ2) is 8.94. The SMILES string of the molecule is Nc1c(C(=O)Nc2ccc(Br)cc2Br)sc2nc3c(cc12)CN(Cc1ccccc1)CC3. The fraction of sp³-hybridized carbons (Fsp3) is 0.167. The molecule has 5 nitrogen and oxygen atoms in total. The van der Waals surface area contributed by atoms with Crippen molar-refractivity contribution in [3.63, 3.8) is 0 Å². The van der Waals surface area contributed by atoms with Crippen LogP contribution in [0.1, 0.15) is 26.5 Å². The number of carbonyl (C=O) groups excluding carboxylic acids is 1. The Bertz CT molecular complexity index is 1320. The maximum atomic E-state index is 13.0. The molecule has 3 N–H and O–H groups in total. The normalized spacial score (nSPS) is 13.8. The van der Waals surface area contributed by atoms with E-state index < -0.39 is 0 Å². The number of rotatable bonds is 4. The van der Waals surface area contributed by atoms with Crippen LogP contribution in [0.4, 0.5) is 11.4 Å². The van der Waals surface area contributed by atoms with Gasteiger partial charge in [0.15, 0.2) is 0 Å². The van der Waals surface area contributed by atoms with Crippen LogP contribution in [0, 0.1) is 0 Å². The molecule has 2 aromatic carbocycles. The number of nitrogen functional groups attached to an aromatic ring is 1. The van der Waals surface area contributed by atoms with E-state index in [1.165, 1.54) is 22.5 Å². The molecule has 0 fully saturated rings. The number of nitrogens with one attached hydrogen (secondary N) is 1. The van der Waals surface area contributed by atoms with Gasteiger partial charge in [-0.1, -0.05) is 46.3 Å². The largest absolute Gasteiger partial charge is 0.397 e. The number of thiophene rings is 1. The van der Waals surface area contributed by atoms with Gasteiger partial charge in [-0.25, -0.2) is 4.98 Å². The Labute approximate surface area is 206 Å². The van der Waals surface area contributed by atoms with Crippen molar-refractivity contribution in [3.05, 3.63) is 85.2 Å². The van der Waals surface area contributed by atoms with Crippen molar-refractivity contribution in [2.24, 2.45) is 0 Å². The van der Waals surface area contributed by atoms with E-state index in [1.807, 2.05) is 24.3 Å². The lowest BCUT2D eigenvalue weighted by molar-refractivity contribution is 0.103. The number of hydrogen-bond donors (Lipinski definition) is 2. The fourth-order valence-corrected chi connectivity index (χ4v) is 6.11. The number of fused-ring (bicyclic) bond motifs is 2. The summed E-state index contributed by atoms with van der Waals surface area (Å²) in [6.07, 6.45) is 0.892. The van der Waals surface area contributed by atoms with Gasteiger partial charge >= 0.3 is 0 Å². The average Bonchev–Trinajstić information content (AvgIpc) is 3.10. The van der Waals surface area contributed by atoms with Gasteiger partial charge in [0.2, 0.25) is 0 Å². The third-order valence-corrected chi connectivity index (χ3v) is 7.85. The number of nitrogens with zero attached hydrogens (tertiary/aromatic N) is 2. The third-order valence-electron chi connectivity index (χ3n) is 5.58. The predicted molar refractivity (Wildman–Crippen MR) is 138 cm³/mol. The summed E-state index contributed by atoms with van der Waals surface area (Å²) < 4.78 is 1.73. The number of amides is 1. The first-order chi connectivity index (χ1) is 15.5. The number of aromatic nitrogens is 1. The first-order valence-electron chi connectivity index (χ1n) is 10.2. The maximum absolute atomic E-state index is 13.0. The summed E-state index contributed by atoms with van der Waals surface area (Å²) >= 11 is 8.26. The highest BCUT2D eigenvalue weighted by Crippen LogP contribution is 2.36. The zero-order valence-corrected chi connectivity index (χ0v) is 21.1. The molecule has 0 aliphatic carbocycles. The van der Waals surface area contributed by atoms with E-state index in [4.69, 9.17) is 10.7 Å². The molecule has 3 heterocycles. The fourth-order valence-electron chi connectivity index (χ4n) is 3.97. The third kappa shape index (κ3) is 4.32. The summed E-state index contributed by atoms with van der Waals surface area (Å²) in [5, 5.41) is 3.80. The number of carbonyl (C=O) groups is 1. The van der Waals surface area contributed by atoms with Crippen LogP contribution in [0.15, 0.2) is 63.5 Å². The average molecular weight is 572 g/mol. The van der Waals surface area contributed by atoms with Crippen molar-refractivity contribution < 1.29 is 4.79 Å². The van der Waals surface area contributed by atoms with Crippen molar-refractivity contribution in [2.45, 2.75) is 19.5 Å². The molecule has 162 valence electrons. The van der Waals surface area contributed by atoms with Crippen LogP contribution in [0.25, 0.3) is 10.2 Å². The second-order valence-electron chi connectivity index (χ2n) is 7.82. The van der Waals surface area contributed by atoms with Gasteiger partial charge in [0.25, 0.3) is 5.91 Å². The van der Waals surface area contributed by atoms with Crippen molar-refractivity contribution >= 4 is 70.7 Å². The highest BCUT2D eigenvalue weighted by atomic mass is 79.9. The van der Waals surface area contributed by atoms with Crippen LogP contribution in [-0.4, -0.2) is 22.3 Å². The van der Waals surface area contributed by atoms with E-state index in [2.05, 4.69) is 72.4 Å². The Morgan fingerprint density at radius 2 is 1.97 bits per heavy atom. The smallest absolute Gasteiger partial charge is 0.267 e. The number of nitrogens with two attached hydrogens (primary N) is 1. The Balaban J connectivity index is 1.40. The lowest BCUT2D eigenvalue weighted by atomic mass is 10.0. The van der Waals surface area contributed by atoms with Gasteiger partial charge < -0.3 is 11.1 Å². The van der Waals surface area contributed by atoms with Crippen molar-refractivity contribution in [3.8, 4) is 0 Å². The van der Waals surface area contributed by atoms with Crippen LogP contribution in [0.3, 0.4) is 0 Å². The molecule has 1 aliphatic rings. The van der Waals surface area contributed by atoms with Gasteiger partial charge in [0, 0.05) is 46.1 Å². The molecule has 0 spiro atoms. The molecular formula is C24H20Br2N4OS. The summed E-state index contributed by atoms with van der Waals surface area (Å²) in [4.78, 5) is 21.6. The first-order valence-corrected chi connectivity index (χ1v) is 12.6. The summed E-state index contributed by atoms with van der Waals surface area (Å²) in [5.41, 5.74) is 11.2. The summed E-state index contributed by atoms with van der Waals surface area (Å²) in [6.45, 7) is 2.70. The van der Waals surface area contributed by atoms with E-state index in [0.29, 0.717) is 16.3 Å². The molecule has 2 aromatic heterocycles. The number of benzene rings is 2. The minimum atomic E-state index is -0.225. The van der Waals surface area contributed by atoms with E-state index in [9.17, 15) is 4.79 Å². The van der Waals surface area contributed by atoms with E-state index in [1.54, 1.807) is 0 Å². The Kier molecular flexibility index (Phi) is 6.03. The first kappa shape index (κ1) is 21.6. The van der Waals surface area contributed by atoms with Crippen LogP contribution in [0.5, 0.6) is 0 Å². The molecule has 0 unspecified atom stereocenters. The molecule has 0 saturated heterocycles. The Hall–Kier alpha value is -2.26. The van der Waals surface area contributed by atoms with Crippen molar-refractivity contribution in [1.82, 2.24) is 9.88 Å². The molecule has 0 radical (unpaired) electrons. The van der Waals surface area contributed by atoms with Crippen LogP contribution in [0.2, 0.25) is 0 Å². The zero-order chi connectivity index (χ0) is 22.2. The summed E-state index contributed by atoms with van der Waals surface area (Å²) in [7, 11) is 0. The molecule has 1 aliphatic heterocycles. The minimum Gasteiger partial charge on any atom is -0.397 e. The molecule has 0 bridgehead atoms. The molecule has 4 aromatic rings. The van der Waals surface area contributed by atoms with Crippen LogP contribution < -0.4 is 11.1 Å². The topological polar surface area (TPSA) is 71.2 Å². The molecule has 5 rings (SSSR count). The molecule has 0 atom stereocenters. The molecule has 8 heteroatoms. The van der Waals surface area contributed by atoms with E-state index >= 15 is 0 Å². The van der Waals surface area contributed by atoms with Crippen LogP contribution in [-0.2, 0) is 19.5 Å². The van der Waals surface area contributed by atoms with Gasteiger partial charge in [-0.2, -0.15) is 0 Å². The summed E-state index contributed by atoms with van der Waals surface area (Å²) in [5.74, 6) is -0.225. The molecule has 1 amide bonds. The number of anilines is 2. The standard InChI is InChI=1S/C24H20Br2N4OS/c25-16-6-7-20(18(26)11-16)28-23(31)22-21(27)17-10-15-13-30(12-14-4-2-1-3-5-14)9-8-19(15)29-24(17)32-22/h1-7,10-11H,8-9,12-13,27H2,(H,28,31). The van der Waals surface area contributed by atoms with Gasteiger partial charge in [-0.05, 0) is 51.3 Å². The van der Waals surface area contributed by atoms with Gasteiger partial charge in [-0.3, -0.25) is 9.69 Å². The Morgan fingerprint density at radius 3 is 2.75 bits per heavy atom. The number of halogens is 2. The zero-order valence-electron chi connectivity index (χ0n) is 17.1. The second-order valence-corrected chi connectivity index (χ2v) is 10.6. The lowest BCUT2D eigenvalue weighted by Gasteiger charge is -2.28. The molecule has 0 saturated carbocycles. The van der Waals surface area contributed by atoms with Gasteiger partial charge in [-0.15, -0.1) is 11.3 Å². The highest BCUT2D eigenvalue weighted by Gasteiger charge is 2.23. The number of pyridine rings is 1. The van der Waals surface area contributed by atoms with E-state index in [-0.39, 0.29) is 5.91 Å².